The first-order valence-electron chi connectivity index (χ1n) is 5.99. The topological polar surface area (TPSA) is 20.3 Å². The number of amides is 1. The normalized spacial score (nSPS) is 29.1. The molecule has 0 aromatic rings. The molecule has 0 bridgehead atoms. The van der Waals surface area contributed by atoms with Crippen LogP contribution in [0.15, 0.2) is 36.0 Å². The van der Waals surface area contributed by atoms with E-state index in [2.05, 4.69) is 37.3 Å². The fourth-order valence-electron chi connectivity index (χ4n) is 2.41. The van der Waals surface area contributed by atoms with Crippen LogP contribution in [0.4, 0.5) is 0 Å². The molecule has 1 heterocycles. The van der Waals surface area contributed by atoms with E-state index in [1.54, 1.807) is 6.92 Å². The molecule has 0 N–H and O–H groups in total. The van der Waals surface area contributed by atoms with E-state index in [0.29, 0.717) is 11.8 Å². The summed E-state index contributed by atoms with van der Waals surface area (Å²) in [6, 6.07) is 0. The van der Waals surface area contributed by atoms with Crippen LogP contribution >= 0.6 is 0 Å². The first kappa shape index (κ1) is 11.2. The zero-order chi connectivity index (χ0) is 11.5. The molecule has 0 aromatic carbocycles. The second-order valence-electron chi connectivity index (χ2n) is 4.72. The molecule has 0 saturated carbocycles. The summed E-state index contributed by atoms with van der Waals surface area (Å²) in [5.41, 5.74) is 1.39. The molecule has 2 atom stereocenters. The number of carbonyl (C=O) groups is 1. The van der Waals surface area contributed by atoms with Crippen LogP contribution in [-0.4, -0.2) is 23.9 Å². The molecule has 1 saturated heterocycles. The smallest absolute Gasteiger partial charge is 0.219 e. The Morgan fingerprint density at radius 2 is 2.25 bits per heavy atom. The molecule has 1 fully saturated rings. The lowest BCUT2D eigenvalue weighted by atomic mass is 9.95. The third kappa shape index (κ3) is 2.43. The van der Waals surface area contributed by atoms with E-state index in [-0.39, 0.29) is 5.91 Å². The van der Waals surface area contributed by atoms with Crippen molar-refractivity contribution in [3.63, 3.8) is 0 Å². The number of likely N-dealkylation sites (tertiary alicyclic amines) is 1. The summed E-state index contributed by atoms with van der Waals surface area (Å²) in [5.74, 6) is 1.23. The van der Waals surface area contributed by atoms with Gasteiger partial charge in [-0.1, -0.05) is 37.3 Å². The number of carbonyl (C=O) groups excluding carboxylic acids is 1. The van der Waals surface area contributed by atoms with Crippen molar-refractivity contribution in [2.45, 2.75) is 20.3 Å². The minimum atomic E-state index is 0.201. The number of hydrogen-bond acceptors (Lipinski definition) is 1. The predicted molar refractivity (Wildman–Crippen MR) is 65.9 cm³/mol. The molecule has 0 aromatic heterocycles. The molecule has 2 heteroatoms. The number of rotatable bonds is 1. The molecule has 2 unspecified atom stereocenters. The third-order valence-electron chi connectivity index (χ3n) is 3.37. The fourth-order valence-corrected chi connectivity index (χ4v) is 2.41. The quantitative estimate of drug-likeness (QED) is 0.661. The van der Waals surface area contributed by atoms with Gasteiger partial charge in [-0.05, 0) is 17.9 Å². The van der Waals surface area contributed by atoms with Gasteiger partial charge in [0.25, 0.3) is 0 Å². The Morgan fingerprint density at radius 1 is 1.44 bits per heavy atom. The highest BCUT2D eigenvalue weighted by molar-refractivity contribution is 5.73. The van der Waals surface area contributed by atoms with E-state index in [0.717, 1.165) is 19.5 Å². The first-order chi connectivity index (χ1) is 7.66. The van der Waals surface area contributed by atoms with Gasteiger partial charge in [0.2, 0.25) is 5.91 Å². The Balaban J connectivity index is 2.07. The monoisotopic (exact) mass is 217 g/mol. The highest BCUT2D eigenvalue weighted by Crippen LogP contribution is 2.27. The van der Waals surface area contributed by atoms with Crippen LogP contribution in [0.5, 0.6) is 0 Å². The molecule has 16 heavy (non-hydrogen) atoms. The molecule has 0 spiro atoms. The molecule has 86 valence electrons. The summed E-state index contributed by atoms with van der Waals surface area (Å²) in [7, 11) is 0. The molecule has 2 nitrogen and oxygen atoms in total. The number of hydrogen-bond donors (Lipinski definition) is 0. The van der Waals surface area contributed by atoms with Gasteiger partial charge in [-0.3, -0.25) is 4.79 Å². The average molecular weight is 217 g/mol. The van der Waals surface area contributed by atoms with Crippen molar-refractivity contribution in [2.75, 3.05) is 13.1 Å². The number of nitrogens with zero attached hydrogens (tertiary/aromatic N) is 1. The molecular weight excluding hydrogens is 198 g/mol. The Morgan fingerprint density at radius 3 is 2.94 bits per heavy atom. The van der Waals surface area contributed by atoms with E-state index in [1.165, 1.54) is 5.57 Å². The lowest BCUT2D eigenvalue weighted by Crippen LogP contribution is -2.26. The standard InChI is InChI=1S/C14H19NO/c1-11-5-3-4-6-13(9-11)14-7-8-15(10-14)12(2)16/h3-6,9,11,14H,7-8,10H2,1-2H3. The second-order valence-corrected chi connectivity index (χ2v) is 4.72. The zero-order valence-corrected chi connectivity index (χ0v) is 10.0. The highest BCUT2D eigenvalue weighted by atomic mass is 16.2. The van der Waals surface area contributed by atoms with Gasteiger partial charge in [0, 0.05) is 25.9 Å². The summed E-state index contributed by atoms with van der Waals surface area (Å²) in [6.07, 6.45) is 12.0. The van der Waals surface area contributed by atoms with Gasteiger partial charge in [0.05, 0.1) is 0 Å². The summed E-state index contributed by atoms with van der Waals surface area (Å²) in [4.78, 5) is 13.2. The molecule has 0 radical (unpaired) electrons. The van der Waals surface area contributed by atoms with Crippen molar-refractivity contribution in [1.82, 2.24) is 4.90 Å². The largest absolute Gasteiger partial charge is 0.342 e. The van der Waals surface area contributed by atoms with Crippen LogP contribution in [0, 0.1) is 11.8 Å². The van der Waals surface area contributed by atoms with Crippen LogP contribution in [0.1, 0.15) is 20.3 Å². The van der Waals surface area contributed by atoms with Gasteiger partial charge in [-0.15, -0.1) is 0 Å². The molecule has 2 rings (SSSR count). The minimum absolute atomic E-state index is 0.201. The summed E-state index contributed by atoms with van der Waals surface area (Å²) in [5, 5.41) is 0. The van der Waals surface area contributed by atoms with E-state index in [9.17, 15) is 4.79 Å². The van der Waals surface area contributed by atoms with E-state index < -0.39 is 0 Å². The Hall–Kier alpha value is -1.31. The van der Waals surface area contributed by atoms with Crippen molar-refractivity contribution in [3.05, 3.63) is 36.0 Å². The maximum Gasteiger partial charge on any atom is 0.219 e. The highest BCUT2D eigenvalue weighted by Gasteiger charge is 2.26. The van der Waals surface area contributed by atoms with Crippen molar-refractivity contribution in [1.29, 1.82) is 0 Å². The summed E-state index contributed by atoms with van der Waals surface area (Å²) in [6.45, 7) is 5.65. The molecular formula is C14H19NO. The van der Waals surface area contributed by atoms with Crippen LogP contribution in [0.3, 0.4) is 0 Å². The van der Waals surface area contributed by atoms with E-state index in [4.69, 9.17) is 0 Å². The van der Waals surface area contributed by atoms with Crippen LogP contribution < -0.4 is 0 Å². The van der Waals surface area contributed by atoms with Crippen molar-refractivity contribution in [3.8, 4) is 0 Å². The Labute approximate surface area is 97.3 Å². The second kappa shape index (κ2) is 4.69. The van der Waals surface area contributed by atoms with Crippen LogP contribution in [0.25, 0.3) is 0 Å². The maximum absolute atomic E-state index is 11.3. The molecule has 1 aliphatic carbocycles. The zero-order valence-electron chi connectivity index (χ0n) is 10.0. The van der Waals surface area contributed by atoms with E-state index >= 15 is 0 Å². The Bertz CT molecular complexity index is 365. The van der Waals surface area contributed by atoms with Gasteiger partial charge in [0.1, 0.15) is 0 Å². The van der Waals surface area contributed by atoms with Crippen molar-refractivity contribution >= 4 is 5.91 Å². The predicted octanol–water partition coefficient (Wildman–Crippen LogP) is 2.54. The van der Waals surface area contributed by atoms with Gasteiger partial charge >= 0.3 is 0 Å². The summed E-state index contributed by atoms with van der Waals surface area (Å²) < 4.78 is 0. The third-order valence-corrected chi connectivity index (χ3v) is 3.37. The lowest BCUT2D eigenvalue weighted by molar-refractivity contribution is -0.127. The summed E-state index contributed by atoms with van der Waals surface area (Å²) >= 11 is 0. The fraction of sp³-hybridized carbons (Fsp3) is 0.500. The van der Waals surface area contributed by atoms with Crippen molar-refractivity contribution in [2.24, 2.45) is 11.8 Å². The first-order valence-corrected chi connectivity index (χ1v) is 5.99. The van der Waals surface area contributed by atoms with Crippen LogP contribution in [0.2, 0.25) is 0 Å². The van der Waals surface area contributed by atoms with Gasteiger partial charge in [0.15, 0.2) is 0 Å². The van der Waals surface area contributed by atoms with Crippen molar-refractivity contribution < 1.29 is 4.79 Å². The molecule has 1 aliphatic heterocycles. The SMILES string of the molecule is CC(=O)N1CCC(C2=CC(C)C=CC=C2)C1. The molecule has 2 aliphatic rings. The van der Waals surface area contributed by atoms with E-state index in [1.807, 2.05) is 4.90 Å². The number of allylic oxidation sites excluding steroid dienone is 5. The Kier molecular flexibility index (Phi) is 3.28. The van der Waals surface area contributed by atoms with Gasteiger partial charge < -0.3 is 4.90 Å². The average Bonchev–Trinajstić information content (AvgIpc) is 2.63. The van der Waals surface area contributed by atoms with Gasteiger partial charge in [-0.2, -0.15) is 0 Å². The van der Waals surface area contributed by atoms with Crippen LogP contribution in [-0.2, 0) is 4.79 Å². The maximum atomic E-state index is 11.3. The van der Waals surface area contributed by atoms with Gasteiger partial charge in [-0.25, -0.2) is 0 Å². The lowest BCUT2D eigenvalue weighted by Gasteiger charge is -2.15. The molecule has 1 amide bonds. The minimum Gasteiger partial charge on any atom is -0.342 e.